The molecule has 1 aromatic heterocycles. The summed E-state index contributed by atoms with van der Waals surface area (Å²) in [5, 5.41) is 5.81. The largest absolute Gasteiger partial charge is 0.334 e. The number of aromatic nitrogens is 2. The van der Waals surface area contributed by atoms with Crippen molar-refractivity contribution in [1.82, 2.24) is 14.9 Å². The van der Waals surface area contributed by atoms with Gasteiger partial charge in [0.15, 0.2) is 0 Å². The van der Waals surface area contributed by atoms with Gasteiger partial charge in [0.1, 0.15) is 5.70 Å². The highest BCUT2D eigenvalue weighted by Gasteiger charge is 2.20. The van der Waals surface area contributed by atoms with Gasteiger partial charge in [-0.3, -0.25) is 10.1 Å². The van der Waals surface area contributed by atoms with E-state index in [0.717, 1.165) is 22.3 Å². The highest BCUT2D eigenvalue weighted by atomic mass is 16.2. The Hall–Kier alpha value is -3.41. The lowest BCUT2D eigenvalue weighted by atomic mass is 10.1. The molecule has 0 aliphatic carbocycles. The number of imidazole rings is 1. The zero-order valence-electron chi connectivity index (χ0n) is 13.0. The summed E-state index contributed by atoms with van der Waals surface area (Å²) in [6, 6.07) is 15.4. The molecule has 2 N–H and O–H groups in total. The second kappa shape index (κ2) is 5.66. The van der Waals surface area contributed by atoms with Crippen LogP contribution in [-0.2, 0) is 11.8 Å². The van der Waals surface area contributed by atoms with Crippen molar-refractivity contribution in [2.75, 3.05) is 5.32 Å². The van der Waals surface area contributed by atoms with E-state index in [1.54, 1.807) is 12.4 Å². The number of benzene rings is 2. The van der Waals surface area contributed by atoms with Gasteiger partial charge in [0, 0.05) is 12.7 Å². The third kappa shape index (κ3) is 2.65. The van der Waals surface area contributed by atoms with E-state index in [2.05, 4.69) is 20.6 Å². The Morgan fingerprint density at radius 3 is 2.83 bits per heavy atom. The van der Waals surface area contributed by atoms with Crippen LogP contribution >= 0.6 is 0 Å². The molecule has 0 spiro atoms. The number of aryl methyl sites for hydroxylation is 1. The van der Waals surface area contributed by atoms with E-state index in [9.17, 15) is 4.79 Å². The molecule has 3 aromatic rings. The molecule has 1 amide bonds. The Morgan fingerprint density at radius 2 is 2.00 bits per heavy atom. The van der Waals surface area contributed by atoms with Gasteiger partial charge in [0.25, 0.3) is 5.91 Å². The molecular weight excluding hydrogens is 302 g/mol. The maximum Gasteiger partial charge on any atom is 0.276 e. The summed E-state index contributed by atoms with van der Waals surface area (Å²) >= 11 is 0. The van der Waals surface area contributed by atoms with Crippen LogP contribution in [0.4, 0.5) is 5.69 Å². The highest BCUT2D eigenvalue weighted by Crippen LogP contribution is 2.18. The van der Waals surface area contributed by atoms with Gasteiger partial charge >= 0.3 is 0 Å². The number of carbonyl (C=O) groups excluding carboxylic acids is 1. The number of guanidine groups is 1. The van der Waals surface area contributed by atoms with Gasteiger partial charge < -0.3 is 9.88 Å². The molecule has 118 valence electrons. The Bertz CT molecular complexity index is 985. The van der Waals surface area contributed by atoms with Gasteiger partial charge in [-0.1, -0.05) is 24.3 Å². The molecule has 0 atom stereocenters. The Balaban J connectivity index is 1.61. The second-order valence-electron chi connectivity index (χ2n) is 5.54. The molecule has 0 bridgehead atoms. The lowest BCUT2D eigenvalue weighted by Gasteiger charge is -2.03. The fourth-order valence-corrected chi connectivity index (χ4v) is 2.59. The number of nitrogens with zero attached hydrogens (tertiary/aromatic N) is 3. The monoisotopic (exact) mass is 317 g/mol. The summed E-state index contributed by atoms with van der Waals surface area (Å²) in [5.74, 6) is 0.200. The minimum absolute atomic E-state index is 0.227. The minimum Gasteiger partial charge on any atom is -0.334 e. The van der Waals surface area contributed by atoms with Gasteiger partial charge in [-0.15, -0.1) is 0 Å². The van der Waals surface area contributed by atoms with E-state index < -0.39 is 0 Å². The third-order valence-corrected chi connectivity index (χ3v) is 3.79. The first-order valence-electron chi connectivity index (χ1n) is 7.54. The Labute approximate surface area is 138 Å². The summed E-state index contributed by atoms with van der Waals surface area (Å²) in [7, 11) is 1.95. The predicted molar refractivity (Wildman–Crippen MR) is 94.3 cm³/mol. The van der Waals surface area contributed by atoms with Crippen LogP contribution in [0.15, 0.2) is 65.5 Å². The van der Waals surface area contributed by atoms with Crippen LogP contribution in [0.2, 0.25) is 0 Å². The summed E-state index contributed by atoms with van der Waals surface area (Å²) in [5.41, 5.74) is 4.05. The minimum atomic E-state index is -0.227. The van der Waals surface area contributed by atoms with E-state index in [1.165, 1.54) is 0 Å². The molecule has 0 fully saturated rings. The second-order valence-corrected chi connectivity index (χ2v) is 5.54. The number of aliphatic imine (C=N–C) groups is 1. The van der Waals surface area contributed by atoms with Crippen LogP contribution in [0, 0.1) is 0 Å². The number of rotatable bonds is 2. The van der Waals surface area contributed by atoms with Crippen molar-refractivity contribution in [2.24, 2.45) is 12.0 Å². The Morgan fingerprint density at radius 1 is 1.17 bits per heavy atom. The van der Waals surface area contributed by atoms with E-state index in [-0.39, 0.29) is 5.91 Å². The van der Waals surface area contributed by atoms with E-state index in [1.807, 2.05) is 60.1 Å². The van der Waals surface area contributed by atoms with Crippen molar-refractivity contribution in [3.63, 3.8) is 0 Å². The van der Waals surface area contributed by atoms with Crippen molar-refractivity contribution in [3.05, 3.63) is 66.1 Å². The molecule has 0 unspecified atom stereocenters. The number of fused-ring (bicyclic) bond motifs is 1. The number of amides is 1. The number of nitrogens with one attached hydrogen (secondary N) is 2. The molecule has 0 radical (unpaired) electrons. The van der Waals surface area contributed by atoms with Crippen LogP contribution in [0.1, 0.15) is 5.56 Å². The molecule has 2 aromatic carbocycles. The number of carbonyl (C=O) groups is 1. The summed E-state index contributed by atoms with van der Waals surface area (Å²) < 4.78 is 1.95. The molecule has 6 nitrogen and oxygen atoms in total. The maximum absolute atomic E-state index is 12.1. The van der Waals surface area contributed by atoms with Crippen LogP contribution in [0.3, 0.4) is 0 Å². The summed E-state index contributed by atoms with van der Waals surface area (Å²) in [6.07, 6.45) is 3.52. The zero-order chi connectivity index (χ0) is 16.5. The van der Waals surface area contributed by atoms with E-state index in [4.69, 9.17) is 0 Å². The first-order chi connectivity index (χ1) is 11.7. The predicted octanol–water partition coefficient (Wildman–Crippen LogP) is 2.51. The van der Waals surface area contributed by atoms with Crippen molar-refractivity contribution in [3.8, 4) is 0 Å². The fraction of sp³-hybridized carbons (Fsp3) is 0.0556. The molecule has 0 saturated carbocycles. The molecule has 1 aliphatic rings. The lowest BCUT2D eigenvalue weighted by Crippen LogP contribution is -2.29. The summed E-state index contributed by atoms with van der Waals surface area (Å²) in [4.78, 5) is 20.7. The van der Waals surface area contributed by atoms with Gasteiger partial charge in [0.2, 0.25) is 5.96 Å². The SMILES string of the molecule is Cn1cnc2cc(C=C3N=C(Nc4ccccc4)NC3=O)ccc21. The standard InChI is InChI=1S/C18H15N5O/c1-23-11-19-14-9-12(7-8-16(14)23)10-15-17(24)22-18(21-15)20-13-5-3-2-4-6-13/h2-11H,1H3,(H2,20,21,22,24). The highest BCUT2D eigenvalue weighted by molar-refractivity contribution is 6.17. The van der Waals surface area contributed by atoms with Gasteiger partial charge in [-0.25, -0.2) is 9.98 Å². The van der Waals surface area contributed by atoms with Crippen molar-refractivity contribution in [1.29, 1.82) is 0 Å². The first kappa shape index (κ1) is 14.2. The molecule has 0 saturated heterocycles. The molecule has 1 aliphatic heterocycles. The van der Waals surface area contributed by atoms with Crippen molar-refractivity contribution in [2.45, 2.75) is 0 Å². The first-order valence-corrected chi connectivity index (χ1v) is 7.54. The number of hydrogen-bond acceptors (Lipinski definition) is 4. The van der Waals surface area contributed by atoms with Crippen molar-refractivity contribution < 1.29 is 4.79 Å². The zero-order valence-corrected chi connectivity index (χ0v) is 13.0. The molecule has 24 heavy (non-hydrogen) atoms. The van der Waals surface area contributed by atoms with Gasteiger partial charge in [-0.05, 0) is 35.9 Å². The van der Waals surface area contributed by atoms with Gasteiger partial charge in [0.05, 0.1) is 17.4 Å². The Kier molecular flexibility index (Phi) is 3.35. The maximum atomic E-state index is 12.1. The van der Waals surface area contributed by atoms with E-state index >= 15 is 0 Å². The van der Waals surface area contributed by atoms with Crippen LogP contribution in [0.5, 0.6) is 0 Å². The number of hydrogen-bond donors (Lipinski definition) is 2. The normalized spacial score (nSPS) is 15.6. The molecule has 2 heterocycles. The average Bonchev–Trinajstić information content (AvgIpc) is 3.11. The topological polar surface area (TPSA) is 71.3 Å². The quantitative estimate of drug-likeness (QED) is 0.713. The molecule has 6 heteroatoms. The third-order valence-electron chi connectivity index (χ3n) is 3.79. The van der Waals surface area contributed by atoms with Crippen LogP contribution in [0.25, 0.3) is 17.1 Å². The fourth-order valence-electron chi connectivity index (χ4n) is 2.59. The lowest BCUT2D eigenvalue weighted by molar-refractivity contribution is -0.115. The van der Waals surface area contributed by atoms with Crippen LogP contribution < -0.4 is 10.6 Å². The molecule has 4 rings (SSSR count). The number of anilines is 1. The molecular formula is C18H15N5O. The van der Waals surface area contributed by atoms with E-state index in [0.29, 0.717) is 11.7 Å². The average molecular weight is 317 g/mol. The van der Waals surface area contributed by atoms with Gasteiger partial charge in [-0.2, -0.15) is 0 Å². The smallest absolute Gasteiger partial charge is 0.276 e. The summed E-state index contributed by atoms with van der Waals surface area (Å²) in [6.45, 7) is 0. The van der Waals surface area contributed by atoms with Crippen molar-refractivity contribution >= 4 is 34.7 Å². The number of para-hydroxylation sites is 1. The van der Waals surface area contributed by atoms with Crippen LogP contribution in [-0.4, -0.2) is 21.4 Å².